The third-order valence-corrected chi connectivity index (χ3v) is 5.57. The van der Waals surface area contributed by atoms with E-state index in [2.05, 4.69) is 76.4 Å². The highest BCUT2D eigenvalue weighted by molar-refractivity contribution is 14.1. The van der Waals surface area contributed by atoms with Crippen LogP contribution in [0.25, 0.3) is 11.8 Å². The van der Waals surface area contributed by atoms with Crippen molar-refractivity contribution in [3.8, 4) is 5.69 Å². The normalized spacial score (nSPS) is 15.4. The number of aromatic nitrogens is 1. The number of amides is 1. The first-order valence-electron chi connectivity index (χ1n) is 9.07. The second-order valence-corrected chi connectivity index (χ2v) is 8.08. The number of carbonyl (C=O) groups is 1. The van der Waals surface area contributed by atoms with Gasteiger partial charge in [-0.15, -0.1) is 0 Å². The van der Waals surface area contributed by atoms with Crippen molar-refractivity contribution in [2.75, 3.05) is 5.01 Å². The monoisotopic (exact) mass is 481 g/mol. The molecule has 0 spiro atoms. The van der Waals surface area contributed by atoms with Gasteiger partial charge in [-0.2, -0.15) is 10.1 Å². The Labute approximate surface area is 178 Å². The Hall–Kier alpha value is -2.67. The summed E-state index contributed by atoms with van der Waals surface area (Å²) in [6, 6.07) is 20.0. The first kappa shape index (κ1) is 18.7. The fourth-order valence-corrected chi connectivity index (χ4v) is 4.06. The number of anilines is 1. The highest BCUT2D eigenvalue weighted by Crippen LogP contribution is 2.28. The summed E-state index contributed by atoms with van der Waals surface area (Å²) in [4.78, 5) is 13.0. The van der Waals surface area contributed by atoms with Gasteiger partial charge >= 0.3 is 0 Å². The lowest BCUT2D eigenvalue weighted by Gasteiger charge is -2.11. The van der Waals surface area contributed by atoms with Gasteiger partial charge in [-0.3, -0.25) is 4.79 Å². The van der Waals surface area contributed by atoms with Crippen LogP contribution < -0.4 is 5.01 Å². The van der Waals surface area contributed by atoms with Crippen LogP contribution in [0.15, 0.2) is 71.3 Å². The van der Waals surface area contributed by atoms with Gasteiger partial charge in [-0.25, -0.2) is 0 Å². The molecule has 1 aliphatic rings. The van der Waals surface area contributed by atoms with E-state index in [1.165, 1.54) is 8.58 Å². The van der Waals surface area contributed by atoms with Crippen LogP contribution in [0.5, 0.6) is 0 Å². The van der Waals surface area contributed by atoms with E-state index in [4.69, 9.17) is 0 Å². The molecule has 4 rings (SSSR count). The average Bonchev–Trinajstić information content (AvgIpc) is 3.12. The Morgan fingerprint density at radius 3 is 2.36 bits per heavy atom. The van der Waals surface area contributed by atoms with Gasteiger partial charge in [0.1, 0.15) is 0 Å². The zero-order valence-electron chi connectivity index (χ0n) is 16.0. The van der Waals surface area contributed by atoms with Crippen molar-refractivity contribution in [3.05, 3.63) is 86.8 Å². The first-order chi connectivity index (χ1) is 13.5. The lowest BCUT2D eigenvalue weighted by Crippen LogP contribution is -2.21. The zero-order valence-corrected chi connectivity index (χ0v) is 18.1. The third kappa shape index (κ3) is 3.30. The molecule has 0 radical (unpaired) electrons. The fourth-order valence-electron chi connectivity index (χ4n) is 3.53. The molecule has 4 nitrogen and oxygen atoms in total. The molecule has 0 aliphatic carbocycles. The van der Waals surface area contributed by atoms with E-state index in [0.29, 0.717) is 5.57 Å². The molecule has 2 heterocycles. The fraction of sp³-hybridized carbons (Fsp3) is 0.130. The van der Waals surface area contributed by atoms with Crippen LogP contribution >= 0.6 is 22.6 Å². The van der Waals surface area contributed by atoms with E-state index in [-0.39, 0.29) is 5.91 Å². The number of aryl methyl sites for hydroxylation is 1. The van der Waals surface area contributed by atoms with Crippen molar-refractivity contribution in [1.29, 1.82) is 0 Å². The van der Waals surface area contributed by atoms with Crippen molar-refractivity contribution < 1.29 is 4.79 Å². The van der Waals surface area contributed by atoms with E-state index >= 15 is 0 Å². The molecule has 28 heavy (non-hydrogen) atoms. The van der Waals surface area contributed by atoms with Crippen molar-refractivity contribution in [2.24, 2.45) is 5.10 Å². The topological polar surface area (TPSA) is 37.6 Å². The summed E-state index contributed by atoms with van der Waals surface area (Å²) in [5, 5.41) is 5.94. The van der Waals surface area contributed by atoms with E-state index in [9.17, 15) is 4.79 Å². The molecule has 0 unspecified atom stereocenters. The van der Waals surface area contributed by atoms with Gasteiger partial charge < -0.3 is 4.57 Å². The second-order valence-electron chi connectivity index (χ2n) is 6.84. The molecule has 5 heteroatoms. The molecule has 0 saturated carbocycles. The molecule has 2 aromatic carbocycles. The summed E-state index contributed by atoms with van der Waals surface area (Å²) in [6.45, 7) is 6.05. The maximum atomic E-state index is 13.0. The number of rotatable bonds is 3. The van der Waals surface area contributed by atoms with Crippen molar-refractivity contribution in [3.63, 3.8) is 0 Å². The second kappa shape index (κ2) is 7.39. The number of hydrazone groups is 1. The van der Waals surface area contributed by atoms with Gasteiger partial charge in [0.25, 0.3) is 5.91 Å². The van der Waals surface area contributed by atoms with Gasteiger partial charge in [-0.1, -0.05) is 24.3 Å². The lowest BCUT2D eigenvalue weighted by molar-refractivity contribution is -0.114. The van der Waals surface area contributed by atoms with Crippen LogP contribution in [0.2, 0.25) is 0 Å². The predicted octanol–water partition coefficient (Wildman–Crippen LogP) is 5.50. The molecule has 3 aromatic rings. The van der Waals surface area contributed by atoms with Crippen molar-refractivity contribution in [1.82, 2.24) is 4.57 Å². The molecule has 140 valence electrons. The summed E-state index contributed by atoms with van der Waals surface area (Å²) in [5.41, 5.74) is 6.53. The number of carbonyl (C=O) groups excluding carboxylic acids is 1. The molecular weight excluding hydrogens is 461 g/mol. The van der Waals surface area contributed by atoms with Gasteiger partial charge in [-0.05, 0) is 91.4 Å². The maximum Gasteiger partial charge on any atom is 0.280 e. The summed E-state index contributed by atoms with van der Waals surface area (Å²) in [7, 11) is 0. The van der Waals surface area contributed by atoms with Crippen LogP contribution in [-0.4, -0.2) is 16.2 Å². The number of hydrogen-bond donors (Lipinski definition) is 0. The molecule has 0 bridgehead atoms. The van der Waals surface area contributed by atoms with E-state index < -0.39 is 0 Å². The summed E-state index contributed by atoms with van der Waals surface area (Å²) in [6.07, 6.45) is 1.96. The third-order valence-electron chi connectivity index (χ3n) is 4.90. The largest absolute Gasteiger partial charge is 0.318 e. The van der Waals surface area contributed by atoms with Crippen molar-refractivity contribution >= 4 is 46.0 Å². The Kier molecular flexibility index (Phi) is 4.93. The zero-order chi connectivity index (χ0) is 19.8. The SMILES string of the molecule is CC1=NN(c2ccccc2)C(=O)/C1=C/c1cc(C)n(-c2cccc(I)c2)c1C. The summed E-state index contributed by atoms with van der Waals surface area (Å²) in [5.74, 6) is -0.0947. The molecule has 1 amide bonds. The van der Waals surface area contributed by atoms with Gasteiger partial charge in [0.2, 0.25) is 0 Å². The predicted molar refractivity (Wildman–Crippen MR) is 123 cm³/mol. The molecular formula is C23H20IN3O. The van der Waals surface area contributed by atoms with E-state index in [1.54, 1.807) is 0 Å². The average molecular weight is 481 g/mol. The summed E-state index contributed by atoms with van der Waals surface area (Å²) >= 11 is 2.32. The smallest absolute Gasteiger partial charge is 0.280 e. The van der Waals surface area contributed by atoms with Crippen LogP contribution in [0.3, 0.4) is 0 Å². The first-order valence-corrected chi connectivity index (χ1v) is 10.2. The Balaban J connectivity index is 1.73. The van der Waals surface area contributed by atoms with Crippen LogP contribution in [0.4, 0.5) is 5.69 Å². The minimum atomic E-state index is -0.0947. The van der Waals surface area contributed by atoms with Crippen molar-refractivity contribution in [2.45, 2.75) is 20.8 Å². The highest BCUT2D eigenvalue weighted by atomic mass is 127. The van der Waals surface area contributed by atoms with E-state index in [0.717, 1.165) is 34.0 Å². The summed E-state index contributed by atoms with van der Waals surface area (Å²) < 4.78 is 3.41. The van der Waals surface area contributed by atoms with Gasteiger partial charge in [0.15, 0.2) is 0 Å². The van der Waals surface area contributed by atoms with Crippen LogP contribution in [-0.2, 0) is 4.79 Å². The number of nitrogens with zero attached hydrogens (tertiary/aromatic N) is 3. The van der Waals surface area contributed by atoms with Gasteiger partial charge in [0.05, 0.1) is 17.0 Å². The Morgan fingerprint density at radius 1 is 0.929 bits per heavy atom. The maximum absolute atomic E-state index is 13.0. The van der Waals surface area contributed by atoms with E-state index in [1.807, 2.05) is 43.3 Å². The number of para-hydroxylation sites is 1. The molecule has 0 fully saturated rings. The van der Waals surface area contributed by atoms with Gasteiger partial charge in [0, 0.05) is 20.6 Å². The quantitative estimate of drug-likeness (QED) is 0.360. The molecule has 1 aromatic heterocycles. The number of hydrogen-bond acceptors (Lipinski definition) is 2. The van der Waals surface area contributed by atoms with Crippen LogP contribution in [0, 0.1) is 17.4 Å². The number of benzene rings is 2. The lowest BCUT2D eigenvalue weighted by atomic mass is 10.1. The Bertz CT molecular complexity index is 1130. The molecule has 1 aliphatic heterocycles. The molecule has 0 N–H and O–H groups in total. The molecule has 0 atom stereocenters. The van der Waals surface area contributed by atoms with Crippen LogP contribution in [0.1, 0.15) is 23.9 Å². The number of halogens is 1. The minimum Gasteiger partial charge on any atom is -0.318 e. The molecule has 0 saturated heterocycles. The Morgan fingerprint density at radius 2 is 1.64 bits per heavy atom. The standard InChI is InChI=1S/C23H20IN3O/c1-15-12-18(17(3)26(15)21-11-7-8-19(24)14-21)13-22-16(2)25-27(23(22)28)20-9-5-4-6-10-20/h4-14H,1-3H3/b22-13+. The minimum absolute atomic E-state index is 0.0947. The highest BCUT2D eigenvalue weighted by Gasteiger charge is 2.29.